The van der Waals surface area contributed by atoms with Gasteiger partial charge in [0, 0.05) is 6.61 Å². The predicted octanol–water partition coefficient (Wildman–Crippen LogP) is 3.97. The number of sulfone groups is 2. The molecule has 3 heterocycles. The Bertz CT molecular complexity index is 1340. The highest BCUT2D eigenvalue weighted by atomic mass is 32.2. The minimum Gasteiger partial charge on any atom is -0.372 e. The van der Waals surface area contributed by atoms with Crippen LogP contribution in [0.4, 0.5) is 26.3 Å². The van der Waals surface area contributed by atoms with E-state index in [-0.39, 0.29) is 25.1 Å². The van der Waals surface area contributed by atoms with Crippen molar-refractivity contribution in [2.75, 3.05) is 18.1 Å². The molecule has 0 bridgehead atoms. The van der Waals surface area contributed by atoms with E-state index < -0.39 is 76.6 Å². The zero-order valence-corrected chi connectivity index (χ0v) is 19.7. The summed E-state index contributed by atoms with van der Waals surface area (Å²) in [4.78, 5) is -0.565. The quantitative estimate of drug-likeness (QED) is 0.539. The lowest BCUT2D eigenvalue weighted by Gasteiger charge is -2.38. The lowest BCUT2D eigenvalue weighted by atomic mass is 9.94. The molecular weight excluding hydrogens is 526 g/mol. The summed E-state index contributed by atoms with van der Waals surface area (Å²) in [5, 5.41) is 3.52. The summed E-state index contributed by atoms with van der Waals surface area (Å²) in [5.74, 6) is -0.850. The third-order valence-corrected chi connectivity index (χ3v) is 10.6. The van der Waals surface area contributed by atoms with Gasteiger partial charge in [0.1, 0.15) is 6.10 Å². The standard InChI is InChI=1S/C20H20F6N2O5S2/c1-18(35(31,32)14-4-2-3-12(7-14)19(21,22)23)5-6-33-16(9-18)15-8-17(20(24,25)26)27-28(15)13-10-34(29,30)11-13/h2-4,7-8,13,16H,5-6,9-11H2,1H3. The summed E-state index contributed by atoms with van der Waals surface area (Å²) >= 11 is 0. The number of aromatic nitrogens is 2. The lowest BCUT2D eigenvalue weighted by molar-refractivity contribution is -0.141. The zero-order chi connectivity index (χ0) is 26.0. The lowest BCUT2D eigenvalue weighted by Crippen LogP contribution is -2.44. The molecule has 2 unspecified atom stereocenters. The van der Waals surface area contributed by atoms with Crippen LogP contribution in [0.1, 0.15) is 48.9 Å². The van der Waals surface area contributed by atoms with Gasteiger partial charge in [-0.1, -0.05) is 6.07 Å². The van der Waals surface area contributed by atoms with Crippen LogP contribution >= 0.6 is 0 Å². The fourth-order valence-corrected chi connectivity index (χ4v) is 7.48. The predicted molar refractivity (Wildman–Crippen MR) is 110 cm³/mol. The molecule has 0 radical (unpaired) electrons. The van der Waals surface area contributed by atoms with E-state index >= 15 is 0 Å². The molecule has 15 heteroatoms. The van der Waals surface area contributed by atoms with Gasteiger partial charge in [-0.25, -0.2) is 16.8 Å². The Kier molecular flexibility index (Phi) is 6.08. The summed E-state index contributed by atoms with van der Waals surface area (Å²) in [6, 6.07) is 3.08. The van der Waals surface area contributed by atoms with Crippen molar-refractivity contribution in [3.05, 3.63) is 47.3 Å². The number of hydrogen-bond acceptors (Lipinski definition) is 6. The monoisotopic (exact) mass is 546 g/mol. The molecule has 2 saturated heterocycles. The fraction of sp³-hybridized carbons (Fsp3) is 0.550. The SMILES string of the molecule is CC1(S(=O)(=O)c2cccc(C(F)(F)F)c2)CCOC(c2cc(C(F)(F)F)nn2C2CS(=O)(=O)C2)C1. The first kappa shape index (κ1) is 25.9. The van der Waals surface area contributed by atoms with E-state index in [4.69, 9.17) is 4.74 Å². The van der Waals surface area contributed by atoms with Crippen LogP contribution in [0, 0.1) is 0 Å². The van der Waals surface area contributed by atoms with E-state index in [0.29, 0.717) is 12.1 Å². The van der Waals surface area contributed by atoms with E-state index in [2.05, 4.69) is 5.10 Å². The molecule has 2 aliphatic heterocycles. The summed E-state index contributed by atoms with van der Waals surface area (Å²) in [6.07, 6.45) is -11.3. The molecule has 4 rings (SSSR count). The van der Waals surface area contributed by atoms with Crippen LogP contribution in [0.2, 0.25) is 0 Å². The Balaban J connectivity index is 1.70. The summed E-state index contributed by atoms with van der Waals surface area (Å²) in [6.45, 7) is 1.10. The van der Waals surface area contributed by atoms with Crippen LogP contribution in [-0.2, 0) is 36.8 Å². The number of rotatable bonds is 4. The molecule has 35 heavy (non-hydrogen) atoms. The molecule has 2 fully saturated rings. The van der Waals surface area contributed by atoms with Crippen molar-refractivity contribution in [3.8, 4) is 0 Å². The highest BCUT2D eigenvalue weighted by Crippen LogP contribution is 2.44. The Morgan fingerprint density at radius 3 is 2.31 bits per heavy atom. The molecule has 1 aromatic carbocycles. The minimum atomic E-state index is -4.84. The number of ether oxygens (including phenoxy) is 1. The Labute approximate surface area is 196 Å². The summed E-state index contributed by atoms with van der Waals surface area (Å²) in [7, 11) is -7.80. The molecule has 0 N–H and O–H groups in total. The van der Waals surface area contributed by atoms with Gasteiger partial charge >= 0.3 is 12.4 Å². The maximum Gasteiger partial charge on any atom is 0.435 e. The average molecular weight is 547 g/mol. The van der Waals surface area contributed by atoms with Crippen molar-refractivity contribution in [2.24, 2.45) is 0 Å². The van der Waals surface area contributed by atoms with Gasteiger partial charge in [0.25, 0.3) is 0 Å². The maximum absolute atomic E-state index is 13.4. The molecule has 0 saturated carbocycles. The third kappa shape index (κ3) is 4.81. The maximum atomic E-state index is 13.4. The van der Waals surface area contributed by atoms with Crippen molar-refractivity contribution in [1.82, 2.24) is 9.78 Å². The molecule has 2 atom stereocenters. The van der Waals surface area contributed by atoms with Crippen LogP contribution in [0.15, 0.2) is 35.2 Å². The Hall–Kier alpha value is -2.13. The van der Waals surface area contributed by atoms with Gasteiger partial charge < -0.3 is 4.74 Å². The zero-order valence-electron chi connectivity index (χ0n) is 18.1. The van der Waals surface area contributed by atoms with Gasteiger partial charge in [0.2, 0.25) is 0 Å². The van der Waals surface area contributed by atoms with Gasteiger partial charge in [0.15, 0.2) is 25.4 Å². The second-order valence-corrected chi connectivity index (χ2v) is 13.5. The average Bonchev–Trinajstić information content (AvgIpc) is 3.17. The normalized spacial score (nSPS) is 25.9. The molecule has 1 aromatic heterocycles. The highest BCUT2D eigenvalue weighted by molar-refractivity contribution is 7.93. The molecule has 0 amide bonds. The van der Waals surface area contributed by atoms with Gasteiger partial charge in [0.05, 0.1) is 38.4 Å². The van der Waals surface area contributed by atoms with Crippen molar-refractivity contribution in [3.63, 3.8) is 0 Å². The van der Waals surface area contributed by atoms with Gasteiger partial charge in [-0.15, -0.1) is 0 Å². The van der Waals surface area contributed by atoms with Gasteiger partial charge in [-0.3, -0.25) is 4.68 Å². The molecule has 2 aliphatic rings. The van der Waals surface area contributed by atoms with Crippen molar-refractivity contribution < 1.29 is 47.9 Å². The topological polar surface area (TPSA) is 95.3 Å². The van der Waals surface area contributed by atoms with E-state index in [1.807, 2.05) is 0 Å². The van der Waals surface area contributed by atoms with Crippen LogP contribution in [0.5, 0.6) is 0 Å². The second-order valence-electron chi connectivity index (χ2n) is 8.92. The van der Waals surface area contributed by atoms with E-state index in [9.17, 15) is 43.2 Å². The van der Waals surface area contributed by atoms with Crippen molar-refractivity contribution >= 4 is 19.7 Å². The van der Waals surface area contributed by atoms with Crippen LogP contribution < -0.4 is 0 Å². The first-order valence-corrected chi connectivity index (χ1v) is 13.6. The Morgan fingerprint density at radius 2 is 1.74 bits per heavy atom. The minimum absolute atomic E-state index is 0.111. The summed E-state index contributed by atoms with van der Waals surface area (Å²) in [5.41, 5.74) is -2.57. The van der Waals surface area contributed by atoms with E-state index in [1.165, 1.54) is 6.92 Å². The number of benzene rings is 1. The van der Waals surface area contributed by atoms with Crippen LogP contribution in [0.25, 0.3) is 0 Å². The molecule has 0 aliphatic carbocycles. The molecule has 2 aromatic rings. The largest absolute Gasteiger partial charge is 0.435 e. The molecular formula is C20H20F6N2O5S2. The van der Waals surface area contributed by atoms with Crippen LogP contribution in [0.3, 0.4) is 0 Å². The Morgan fingerprint density at radius 1 is 1.09 bits per heavy atom. The van der Waals surface area contributed by atoms with Gasteiger partial charge in [-0.05, 0) is 44.0 Å². The third-order valence-electron chi connectivity index (χ3n) is 6.31. The molecule has 7 nitrogen and oxygen atoms in total. The fourth-order valence-electron chi connectivity index (χ4n) is 4.29. The second kappa shape index (κ2) is 8.20. The molecule has 194 valence electrons. The highest BCUT2D eigenvalue weighted by Gasteiger charge is 2.48. The van der Waals surface area contributed by atoms with Crippen molar-refractivity contribution in [1.29, 1.82) is 0 Å². The number of halogens is 6. The number of hydrogen-bond donors (Lipinski definition) is 0. The van der Waals surface area contributed by atoms with E-state index in [0.717, 1.165) is 22.9 Å². The van der Waals surface area contributed by atoms with Crippen LogP contribution in [-0.4, -0.2) is 49.5 Å². The number of alkyl halides is 6. The number of nitrogens with zero attached hydrogens (tertiary/aromatic N) is 2. The first-order valence-electron chi connectivity index (χ1n) is 10.3. The van der Waals surface area contributed by atoms with Gasteiger partial charge in [-0.2, -0.15) is 31.4 Å². The molecule has 0 spiro atoms. The van der Waals surface area contributed by atoms with E-state index in [1.54, 1.807) is 0 Å². The summed E-state index contributed by atoms with van der Waals surface area (Å²) < 4.78 is 134. The van der Waals surface area contributed by atoms with Crippen molar-refractivity contribution in [2.45, 2.75) is 53.9 Å². The smallest absolute Gasteiger partial charge is 0.372 e. The first-order chi connectivity index (χ1) is 15.9.